The monoisotopic (exact) mass is 654 g/mol. The molecule has 42 heavy (non-hydrogen) atoms. The number of nitrogens with zero attached hydrogens (tertiary/aromatic N) is 5. The van der Waals surface area contributed by atoms with Gasteiger partial charge in [-0.05, 0) is 51.2 Å². The van der Waals surface area contributed by atoms with Crippen LogP contribution in [0.4, 0.5) is 0 Å². The third kappa shape index (κ3) is 7.30. The molecule has 14 heteroatoms. The summed E-state index contributed by atoms with van der Waals surface area (Å²) in [5.74, 6) is 0.164. The minimum atomic E-state index is -4.23. The van der Waals surface area contributed by atoms with Crippen molar-refractivity contribution in [1.82, 2.24) is 19.9 Å². The predicted octanol–water partition coefficient (Wildman–Crippen LogP) is 4.77. The molecular weight excluding hydrogens is 628 g/mol. The van der Waals surface area contributed by atoms with Crippen LogP contribution < -0.4 is 24.1 Å². The Hall–Kier alpha value is -4.32. The zero-order valence-electron chi connectivity index (χ0n) is 23.2. The Labute approximate surface area is 251 Å². The standard InChI is InChI=1S/C28H27BrN6O6S/c1-28(2,3)17-9-10-22(42(31,36)37)19(13-17)24-25(41-21-8-6-5-7-20(21)38-4)26(35-23(14-30)34-24)39-11-12-40-27-32-15-18(29)16-33-27/h5-10,13,15-16H,11-12H2,1-4H3,(H2,31,36,37). The summed E-state index contributed by atoms with van der Waals surface area (Å²) in [6.45, 7) is 5.87. The van der Waals surface area contributed by atoms with Gasteiger partial charge < -0.3 is 18.9 Å². The van der Waals surface area contributed by atoms with Gasteiger partial charge in [0.05, 0.1) is 16.5 Å². The van der Waals surface area contributed by atoms with E-state index < -0.39 is 10.0 Å². The molecule has 0 amide bonds. The Morgan fingerprint density at radius 1 is 1.00 bits per heavy atom. The summed E-state index contributed by atoms with van der Waals surface area (Å²) in [4.78, 5) is 16.4. The van der Waals surface area contributed by atoms with Crippen molar-refractivity contribution >= 4 is 26.0 Å². The van der Waals surface area contributed by atoms with Gasteiger partial charge in [0.1, 0.15) is 25.0 Å². The number of aromatic nitrogens is 4. The SMILES string of the molecule is COc1ccccc1Oc1c(OCCOc2ncc(Br)cn2)nc(C#N)nc1-c1cc(C(C)(C)C)ccc1S(N)(=O)=O. The first-order chi connectivity index (χ1) is 19.9. The van der Waals surface area contributed by atoms with Gasteiger partial charge in [-0.2, -0.15) is 10.2 Å². The van der Waals surface area contributed by atoms with Gasteiger partial charge in [0.25, 0.3) is 5.88 Å². The molecule has 0 unspecified atom stereocenters. The normalized spacial score (nSPS) is 11.5. The highest BCUT2D eigenvalue weighted by molar-refractivity contribution is 9.10. The van der Waals surface area contributed by atoms with Crippen molar-refractivity contribution in [3.63, 3.8) is 0 Å². The van der Waals surface area contributed by atoms with Gasteiger partial charge in [-0.15, -0.1) is 0 Å². The van der Waals surface area contributed by atoms with E-state index >= 15 is 0 Å². The molecule has 0 spiro atoms. The second-order valence-corrected chi connectivity index (χ2v) is 12.2. The van der Waals surface area contributed by atoms with E-state index in [4.69, 9.17) is 24.1 Å². The third-order valence-electron chi connectivity index (χ3n) is 5.77. The summed E-state index contributed by atoms with van der Waals surface area (Å²) in [6, 6.07) is 13.6. The van der Waals surface area contributed by atoms with Crippen molar-refractivity contribution in [3.8, 4) is 46.5 Å². The fraction of sp³-hybridized carbons (Fsp3) is 0.250. The number of rotatable bonds is 10. The number of primary sulfonamides is 1. The van der Waals surface area contributed by atoms with Crippen LogP contribution in [0.2, 0.25) is 0 Å². The van der Waals surface area contributed by atoms with Crippen LogP contribution in [0.3, 0.4) is 0 Å². The maximum Gasteiger partial charge on any atom is 0.316 e. The quantitative estimate of drug-likeness (QED) is 0.233. The number of sulfonamides is 1. The average molecular weight is 656 g/mol. The van der Waals surface area contributed by atoms with E-state index in [0.717, 1.165) is 5.56 Å². The van der Waals surface area contributed by atoms with E-state index in [1.807, 2.05) is 26.8 Å². The first-order valence-corrected chi connectivity index (χ1v) is 14.8. The molecule has 0 saturated carbocycles. The van der Waals surface area contributed by atoms with Crippen LogP contribution in [0, 0.1) is 11.3 Å². The second kappa shape index (κ2) is 12.7. The van der Waals surface area contributed by atoms with E-state index in [1.54, 1.807) is 36.4 Å². The molecule has 0 aliphatic heterocycles. The van der Waals surface area contributed by atoms with Crippen molar-refractivity contribution in [3.05, 3.63) is 70.7 Å². The maximum absolute atomic E-state index is 12.7. The van der Waals surface area contributed by atoms with E-state index in [9.17, 15) is 13.7 Å². The van der Waals surface area contributed by atoms with Gasteiger partial charge in [0.15, 0.2) is 11.5 Å². The highest BCUT2D eigenvalue weighted by Gasteiger charge is 2.28. The number of nitriles is 1. The number of methoxy groups -OCH3 is 1. The Morgan fingerprint density at radius 3 is 2.29 bits per heavy atom. The fourth-order valence-corrected chi connectivity index (χ4v) is 4.67. The molecule has 0 saturated heterocycles. The number of halogens is 1. The highest BCUT2D eigenvalue weighted by Crippen LogP contribution is 2.43. The van der Waals surface area contributed by atoms with Crippen LogP contribution in [0.25, 0.3) is 11.3 Å². The lowest BCUT2D eigenvalue weighted by atomic mass is 9.86. The number of para-hydroxylation sites is 2. The van der Waals surface area contributed by atoms with Crippen molar-refractivity contribution in [2.75, 3.05) is 20.3 Å². The molecule has 12 nitrogen and oxygen atoms in total. The number of hydrogen-bond donors (Lipinski definition) is 1. The smallest absolute Gasteiger partial charge is 0.316 e. The van der Waals surface area contributed by atoms with Crippen LogP contribution in [0.5, 0.6) is 29.1 Å². The molecule has 2 aromatic heterocycles. The first kappa shape index (κ1) is 30.6. The lowest BCUT2D eigenvalue weighted by Crippen LogP contribution is -2.17. The molecule has 0 atom stereocenters. The van der Waals surface area contributed by atoms with Crippen molar-refractivity contribution in [2.24, 2.45) is 5.14 Å². The fourth-order valence-electron chi connectivity index (χ4n) is 3.74. The van der Waals surface area contributed by atoms with E-state index in [2.05, 4.69) is 35.9 Å². The van der Waals surface area contributed by atoms with Crippen LogP contribution in [-0.4, -0.2) is 48.7 Å². The highest BCUT2D eigenvalue weighted by atomic mass is 79.9. The number of hydrogen-bond acceptors (Lipinski definition) is 11. The van der Waals surface area contributed by atoms with Crippen molar-refractivity contribution in [2.45, 2.75) is 31.1 Å². The lowest BCUT2D eigenvalue weighted by Gasteiger charge is -2.22. The molecule has 4 rings (SSSR count). The van der Waals surface area contributed by atoms with Gasteiger partial charge in [-0.3, -0.25) is 0 Å². The van der Waals surface area contributed by atoms with Gasteiger partial charge >= 0.3 is 6.01 Å². The number of ether oxygens (including phenoxy) is 4. The van der Waals surface area contributed by atoms with Gasteiger partial charge in [0.2, 0.25) is 21.6 Å². The van der Waals surface area contributed by atoms with E-state index in [-0.39, 0.29) is 64.0 Å². The summed E-state index contributed by atoms with van der Waals surface area (Å²) >= 11 is 3.26. The van der Waals surface area contributed by atoms with Gasteiger partial charge in [-0.1, -0.05) is 39.0 Å². The van der Waals surface area contributed by atoms with Crippen LogP contribution in [0.1, 0.15) is 32.2 Å². The molecule has 2 N–H and O–H groups in total. The van der Waals surface area contributed by atoms with Crippen molar-refractivity contribution < 1.29 is 27.4 Å². The molecule has 4 aromatic rings. The third-order valence-corrected chi connectivity index (χ3v) is 7.15. The summed E-state index contributed by atoms with van der Waals surface area (Å²) in [5.41, 5.74) is 0.509. The summed E-state index contributed by atoms with van der Waals surface area (Å²) in [7, 11) is -2.76. The zero-order valence-corrected chi connectivity index (χ0v) is 25.6. The molecule has 218 valence electrons. The van der Waals surface area contributed by atoms with Crippen LogP contribution >= 0.6 is 15.9 Å². The van der Waals surface area contributed by atoms with Crippen LogP contribution in [-0.2, 0) is 15.4 Å². The average Bonchev–Trinajstić information content (AvgIpc) is 2.95. The zero-order chi connectivity index (χ0) is 30.5. The summed E-state index contributed by atoms with van der Waals surface area (Å²) in [5, 5.41) is 15.4. The lowest BCUT2D eigenvalue weighted by molar-refractivity contribution is 0.197. The molecular formula is C28H27BrN6O6S. The number of benzene rings is 2. The van der Waals surface area contributed by atoms with Crippen molar-refractivity contribution in [1.29, 1.82) is 5.26 Å². The molecule has 0 aliphatic rings. The largest absolute Gasteiger partial charge is 0.493 e. The minimum absolute atomic E-state index is 0.0128. The van der Waals surface area contributed by atoms with E-state index in [1.165, 1.54) is 25.6 Å². The molecule has 2 heterocycles. The first-order valence-electron chi connectivity index (χ1n) is 12.4. The Bertz CT molecular complexity index is 1740. The minimum Gasteiger partial charge on any atom is -0.493 e. The summed E-state index contributed by atoms with van der Waals surface area (Å²) in [6.07, 6.45) is 3.07. The Balaban J connectivity index is 1.87. The molecule has 0 fully saturated rings. The van der Waals surface area contributed by atoms with Gasteiger partial charge in [0, 0.05) is 18.0 Å². The summed E-state index contributed by atoms with van der Waals surface area (Å²) < 4.78 is 49.2. The maximum atomic E-state index is 12.7. The number of nitrogens with two attached hydrogens (primary N) is 1. The van der Waals surface area contributed by atoms with Crippen LogP contribution in [0.15, 0.2) is 64.2 Å². The molecule has 0 aliphatic carbocycles. The second-order valence-electron chi connectivity index (χ2n) is 9.78. The predicted molar refractivity (Wildman–Crippen MR) is 156 cm³/mol. The van der Waals surface area contributed by atoms with E-state index in [0.29, 0.717) is 10.2 Å². The molecule has 2 aromatic carbocycles. The molecule has 0 radical (unpaired) electrons. The Morgan fingerprint density at radius 2 is 1.67 bits per heavy atom. The Kier molecular flexibility index (Phi) is 9.25. The topological polar surface area (TPSA) is 172 Å². The molecule has 0 bridgehead atoms. The van der Waals surface area contributed by atoms with Gasteiger partial charge in [-0.25, -0.2) is 28.5 Å².